The average Bonchev–Trinajstić information content (AvgIpc) is 2.95. The van der Waals surface area contributed by atoms with Crippen LogP contribution in [0.2, 0.25) is 0 Å². The first-order valence-corrected chi connectivity index (χ1v) is 5.74. The fourth-order valence-corrected chi connectivity index (χ4v) is 2.23. The van der Waals surface area contributed by atoms with Crippen molar-refractivity contribution in [1.82, 2.24) is 9.55 Å². The van der Waals surface area contributed by atoms with Crippen LogP contribution in [0.15, 0.2) is 30.6 Å². The fourth-order valence-electron chi connectivity index (χ4n) is 2.23. The number of imidazole rings is 1. The summed E-state index contributed by atoms with van der Waals surface area (Å²) in [6.07, 6.45) is 4.65. The van der Waals surface area contributed by atoms with Crippen LogP contribution < -0.4 is 10.5 Å². The molecule has 1 aromatic heterocycles. The number of nitrogens with zero attached hydrogens (tertiary/aromatic N) is 2. The maximum atomic E-state index is 6.23. The molecule has 0 aliphatic carbocycles. The van der Waals surface area contributed by atoms with Crippen LogP contribution in [0.3, 0.4) is 0 Å². The highest BCUT2D eigenvalue weighted by Crippen LogP contribution is 2.29. The summed E-state index contributed by atoms with van der Waals surface area (Å²) in [6.45, 7) is 0.774. The number of nitrogens with two attached hydrogens (primary N) is 1. The van der Waals surface area contributed by atoms with E-state index in [-0.39, 0.29) is 6.04 Å². The Morgan fingerprint density at radius 2 is 2.35 bits per heavy atom. The van der Waals surface area contributed by atoms with Gasteiger partial charge in [0.1, 0.15) is 11.6 Å². The minimum Gasteiger partial charge on any atom is -0.493 e. The van der Waals surface area contributed by atoms with Crippen LogP contribution >= 0.6 is 0 Å². The van der Waals surface area contributed by atoms with Gasteiger partial charge in [-0.3, -0.25) is 0 Å². The molecule has 0 spiro atoms. The van der Waals surface area contributed by atoms with Crippen molar-refractivity contribution in [2.45, 2.75) is 12.5 Å². The third kappa shape index (κ3) is 1.70. The first-order chi connectivity index (χ1) is 8.25. The van der Waals surface area contributed by atoms with Gasteiger partial charge in [0.05, 0.1) is 12.6 Å². The molecule has 2 aromatic rings. The SMILES string of the molecule is Cn1ccnc1C(N)c1ccc2c(c1)CCO2. The summed E-state index contributed by atoms with van der Waals surface area (Å²) < 4.78 is 7.44. The van der Waals surface area contributed by atoms with Crippen molar-refractivity contribution in [2.24, 2.45) is 12.8 Å². The Balaban J connectivity index is 1.97. The minimum absolute atomic E-state index is 0.180. The zero-order valence-electron chi connectivity index (χ0n) is 9.76. The Hall–Kier alpha value is -1.81. The summed E-state index contributed by atoms with van der Waals surface area (Å²) in [5, 5.41) is 0. The van der Waals surface area contributed by atoms with Gasteiger partial charge in [-0.2, -0.15) is 0 Å². The quantitative estimate of drug-likeness (QED) is 0.847. The molecule has 4 heteroatoms. The number of aryl methyl sites for hydroxylation is 1. The molecule has 0 saturated carbocycles. The number of ether oxygens (including phenoxy) is 1. The molecule has 0 saturated heterocycles. The van der Waals surface area contributed by atoms with Gasteiger partial charge >= 0.3 is 0 Å². The van der Waals surface area contributed by atoms with Crippen LogP contribution in [-0.4, -0.2) is 16.2 Å². The van der Waals surface area contributed by atoms with E-state index < -0.39 is 0 Å². The molecule has 0 radical (unpaired) electrons. The lowest BCUT2D eigenvalue weighted by Crippen LogP contribution is -2.16. The zero-order chi connectivity index (χ0) is 11.8. The lowest BCUT2D eigenvalue weighted by atomic mass is 10.0. The van der Waals surface area contributed by atoms with E-state index >= 15 is 0 Å². The summed E-state index contributed by atoms with van der Waals surface area (Å²) in [7, 11) is 1.96. The van der Waals surface area contributed by atoms with Crippen molar-refractivity contribution in [3.8, 4) is 5.75 Å². The van der Waals surface area contributed by atoms with Gasteiger partial charge in [-0.15, -0.1) is 0 Å². The summed E-state index contributed by atoms with van der Waals surface area (Å²) in [6, 6.07) is 5.96. The molecule has 0 amide bonds. The van der Waals surface area contributed by atoms with E-state index in [4.69, 9.17) is 10.5 Å². The Morgan fingerprint density at radius 3 is 3.12 bits per heavy atom. The van der Waals surface area contributed by atoms with Crippen molar-refractivity contribution >= 4 is 0 Å². The van der Waals surface area contributed by atoms with Crippen LogP contribution in [0, 0.1) is 0 Å². The summed E-state index contributed by atoms with van der Waals surface area (Å²) in [5.41, 5.74) is 8.56. The van der Waals surface area contributed by atoms with Crippen molar-refractivity contribution in [1.29, 1.82) is 0 Å². The average molecular weight is 229 g/mol. The third-order valence-corrected chi connectivity index (χ3v) is 3.21. The third-order valence-electron chi connectivity index (χ3n) is 3.21. The molecule has 1 unspecified atom stereocenters. The molecule has 17 heavy (non-hydrogen) atoms. The van der Waals surface area contributed by atoms with Gasteiger partial charge in [0.25, 0.3) is 0 Å². The molecule has 0 bridgehead atoms. The summed E-state index contributed by atoms with van der Waals surface area (Å²) >= 11 is 0. The molecule has 1 atom stereocenters. The van der Waals surface area contributed by atoms with Gasteiger partial charge in [0.2, 0.25) is 0 Å². The normalized spacial score (nSPS) is 15.4. The standard InChI is InChI=1S/C13H15N3O/c1-16-6-5-15-13(16)12(14)10-2-3-11-9(8-10)4-7-17-11/h2-3,5-6,8,12H,4,7,14H2,1H3. The largest absolute Gasteiger partial charge is 0.493 e. The predicted molar refractivity (Wildman–Crippen MR) is 64.9 cm³/mol. The highest BCUT2D eigenvalue weighted by atomic mass is 16.5. The van der Waals surface area contributed by atoms with Crippen LogP contribution in [0.1, 0.15) is 23.0 Å². The topological polar surface area (TPSA) is 53.1 Å². The van der Waals surface area contributed by atoms with Crippen LogP contribution in [0.4, 0.5) is 0 Å². The van der Waals surface area contributed by atoms with Crippen molar-refractivity contribution in [2.75, 3.05) is 6.61 Å². The number of hydrogen-bond acceptors (Lipinski definition) is 3. The Labute approximate surface area is 100 Å². The van der Waals surface area contributed by atoms with Crippen LogP contribution in [-0.2, 0) is 13.5 Å². The highest BCUT2D eigenvalue weighted by molar-refractivity contribution is 5.41. The molecule has 88 valence electrons. The Morgan fingerprint density at radius 1 is 1.47 bits per heavy atom. The molecular formula is C13H15N3O. The van der Waals surface area contributed by atoms with E-state index in [1.807, 2.05) is 29.9 Å². The van der Waals surface area contributed by atoms with Gasteiger partial charge in [-0.1, -0.05) is 6.07 Å². The van der Waals surface area contributed by atoms with E-state index in [9.17, 15) is 0 Å². The number of rotatable bonds is 2. The number of hydrogen-bond donors (Lipinski definition) is 1. The zero-order valence-corrected chi connectivity index (χ0v) is 9.76. The maximum Gasteiger partial charge on any atom is 0.129 e. The fraction of sp³-hybridized carbons (Fsp3) is 0.308. The maximum absolute atomic E-state index is 6.23. The predicted octanol–water partition coefficient (Wildman–Crippen LogP) is 1.40. The highest BCUT2D eigenvalue weighted by Gasteiger charge is 2.17. The molecule has 1 aromatic carbocycles. The molecular weight excluding hydrogens is 214 g/mol. The molecule has 0 fully saturated rings. The van der Waals surface area contributed by atoms with Crippen molar-refractivity contribution in [3.63, 3.8) is 0 Å². The second kappa shape index (κ2) is 3.89. The van der Waals surface area contributed by atoms with Gasteiger partial charge in [0.15, 0.2) is 0 Å². The van der Waals surface area contributed by atoms with Gasteiger partial charge in [-0.25, -0.2) is 4.98 Å². The Bertz CT molecular complexity index is 547. The summed E-state index contributed by atoms with van der Waals surface area (Å²) in [5.74, 6) is 1.87. The lowest BCUT2D eigenvalue weighted by molar-refractivity contribution is 0.357. The summed E-state index contributed by atoms with van der Waals surface area (Å²) in [4.78, 5) is 4.29. The number of aromatic nitrogens is 2. The number of fused-ring (bicyclic) bond motifs is 1. The second-order valence-electron chi connectivity index (χ2n) is 4.34. The molecule has 4 nitrogen and oxygen atoms in total. The molecule has 1 aliphatic heterocycles. The lowest BCUT2D eigenvalue weighted by Gasteiger charge is -2.13. The first-order valence-electron chi connectivity index (χ1n) is 5.74. The molecule has 2 heterocycles. The van der Waals surface area contributed by atoms with E-state index in [1.54, 1.807) is 6.20 Å². The molecule has 3 rings (SSSR count). The second-order valence-corrected chi connectivity index (χ2v) is 4.34. The van der Waals surface area contributed by atoms with E-state index in [2.05, 4.69) is 11.1 Å². The van der Waals surface area contributed by atoms with Crippen molar-refractivity contribution < 1.29 is 4.74 Å². The smallest absolute Gasteiger partial charge is 0.129 e. The van der Waals surface area contributed by atoms with Gasteiger partial charge in [0, 0.05) is 25.9 Å². The number of benzene rings is 1. The van der Waals surface area contributed by atoms with Gasteiger partial charge in [-0.05, 0) is 23.3 Å². The van der Waals surface area contributed by atoms with Gasteiger partial charge < -0.3 is 15.0 Å². The van der Waals surface area contributed by atoms with Crippen molar-refractivity contribution in [3.05, 3.63) is 47.5 Å². The van der Waals surface area contributed by atoms with E-state index in [1.165, 1.54) is 5.56 Å². The monoisotopic (exact) mass is 229 g/mol. The first kappa shape index (κ1) is 10.4. The van der Waals surface area contributed by atoms with Crippen LogP contribution in [0.25, 0.3) is 0 Å². The molecule has 2 N–H and O–H groups in total. The van der Waals surface area contributed by atoms with E-state index in [0.29, 0.717) is 0 Å². The van der Waals surface area contributed by atoms with Crippen LogP contribution in [0.5, 0.6) is 5.75 Å². The minimum atomic E-state index is -0.180. The Kier molecular flexibility index (Phi) is 2.37. The molecule has 1 aliphatic rings. The van der Waals surface area contributed by atoms with E-state index in [0.717, 1.165) is 30.2 Å².